The molecule has 1 amide bonds. The minimum absolute atomic E-state index is 0.112. The average molecular weight is 413 g/mol. The van der Waals surface area contributed by atoms with Gasteiger partial charge in [-0.1, -0.05) is 30.3 Å². The monoisotopic (exact) mass is 413 g/mol. The number of para-hydroxylation sites is 1. The maximum absolute atomic E-state index is 13.0. The van der Waals surface area contributed by atoms with Crippen LogP contribution in [0.4, 0.5) is 5.69 Å². The van der Waals surface area contributed by atoms with Gasteiger partial charge in [0.25, 0.3) is 5.56 Å². The molecule has 0 fully saturated rings. The molecule has 0 atom stereocenters. The van der Waals surface area contributed by atoms with E-state index < -0.39 is 0 Å². The van der Waals surface area contributed by atoms with E-state index in [1.807, 2.05) is 49.4 Å². The van der Waals surface area contributed by atoms with Gasteiger partial charge in [0.05, 0.1) is 19.6 Å². The second-order valence-electron chi connectivity index (χ2n) is 7.14. The Hall–Kier alpha value is -3.93. The molecule has 0 saturated heterocycles. The van der Waals surface area contributed by atoms with Crippen LogP contribution in [-0.2, 0) is 17.8 Å². The van der Waals surface area contributed by atoms with Gasteiger partial charge in [0.1, 0.15) is 5.75 Å². The number of hydrogen-bond acceptors (Lipinski definition) is 4. The predicted molar refractivity (Wildman–Crippen MR) is 121 cm³/mol. The predicted octanol–water partition coefficient (Wildman–Crippen LogP) is 4.02. The number of benzene rings is 2. The van der Waals surface area contributed by atoms with Crippen molar-refractivity contribution in [2.24, 2.45) is 0 Å². The summed E-state index contributed by atoms with van der Waals surface area (Å²) in [6, 6.07) is 18.5. The van der Waals surface area contributed by atoms with Crippen molar-refractivity contribution in [2.45, 2.75) is 19.9 Å². The second-order valence-corrected chi connectivity index (χ2v) is 7.14. The molecule has 0 saturated carbocycles. The molecule has 156 valence electrons. The Morgan fingerprint density at radius 2 is 1.90 bits per heavy atom. The number of rotatable bonds is 7. The highest BCUT2D eigenvalue weighted by atomic mass is 16.5. The van der Waals surface area contributed by atoms with E-state index in [4.69, 9.17) is 4.74 Å². The van der Waals surface area contributed by atoms with Gasteiger partial charge < -0.3 is 14.6 Å². The molecule has 2 heterocycles. The fourth-order valence-electron chi connectivity index (χ4n) is 3.55. The van der Waals surface area contributed by atoms with E-state index in [0.29, 0.717) is 35.4 Å². The number of nitrogens with one attached hydrogen (secondary N) is 1. The fraction of sp³-hybridized carbons (Fsp3) is 0.160. The number of fused-ring (bicyclic) bond motifs is 1. The average Bonchev–Trinajstić information content (AvgIpc) is 2.78. The van der Waals surface area contributed by atoms with Gasteiger partial charge in [-0.2, -0.15) is 0 Å². The van der Waals surface area contributed by atoms with Crippen LogP contribution in [-0.4, -0.2) is 22.1 Å². The lowest BCUT2D eigenvalue weighted by Crippen LogP contribution is -2.21. The smallest absolute Gasteiger partial charge is 0.258 e. The maximum Gasteiger partial charge on any atom is 0.258 e. The molecule has 0 bridgehead atoms. The summed E-state index contributed by atoms with van der Waals surface area (Å²) in [5, 5.41) is 4.21. The lowest BCUT2D eigenvalue weighted by Gasteiger charge is -2.13. The summed E-state index contributed by atoms with van der Waals surface area (Å²) >= 11 is 0. The summed E-state index contributed by atoms with van der Waals surface area (Å²) < 4.78 is 7.25. The zero-order valence-corrected chi connectivity index (χ0v) is 17.2. The Labute approximate surface area is 180 Å². The number of ether oxygens (including phenoxy) is 1. The Morgan fingerprint density at radius 3 is 2.71 bits per heavy atom. The van der Waals surface area contributed by atoms with Crippen LogP contribution in [0.2, 0.25) is 0 Å². The van der Waals surface area contributed by atoms with E-state index in [2.05, 4.69) is 10.3 Å². The molecule has 4 rings (SSSR count). The third-order valence-electron chi connectivity index (χ3n) is 4.99. The van der Waals surface area contributed by atoms with Crippen molar-refractivity contribution in [3.8, 4) is 5.75 Å². The highest BCUT2D eigenvalue weighted by Crippen LogP contribution is 2.23. The summed E-state index contributed by atoms with van der Waals surface area (Å²) in [4.78, 5) is 29.8. The summed E-state index contributed by atoms with van der Waals surface area (Å²) in [6.07, 6.45) is 5.38. The van der Waals surface area contributed by atoms with Crippen molar-refractivity contribution in [2.75, 3.05) is 11.9 Å². The molecule has 6 heteroatoms. The summed E-state index contributed by atoms with van der Waals surface area (Å²) in [5.41, 5.74) is 2.27. The minimum Gasteiger partial charge on any atom is -0.494 e. The third-order valence-corrected chi connectivity index (χ3v) is 4.99. The number of anilines is 1. The summed E-state index contributed by atoms with van der Waals surface area (Å²) in [6.45, 7) is 2.88. The molecule has 0 aliphatic heterocycles. The van der Waals surface area contributed by atoms with Crippen LogP contribution >= 0.6 is 0 Å². The van der Waals surface area contributed by atoms with Gasteiger partial charge >= 0.3 is 0 Å². The van der Waals surface area contributed by atoms with Crippen LogP contribution in [0.25, 0.3) is 10.8 Å². The highest BCUT2D eigenvalue weighted by Gasteiger charge is 2.12. The van der Waals surface area contributed by atoms with E-state index >= 15 is 0 Å². The number of amides is 1. The van der Waals surface area contributed by atoms with Crippen LogP contribution in [0.3, 0.4) is 0 Å². The molecule has 0 aliphatic rings. The summed E-state index contributed by atoms with van der Waals surface area (Å²) in [7, 11) is 0. The largest absolute Gasteiger partial charge is 0.494 e. The van der Waals surface area contributed by atoms with Gasteiger partial charge in [-0.15, -0.1) is 0 Å². The topological polar surface area (TPSA) is 73.2 Å². The number of nitrogens with zero attached hydrogens (tertiary/aromatic N) is 2. The Bertz CT molecular complexity index is 1270. The zero-order chi connectivity index (χ0) is 21.6. The molecule has 6 nitrogen and oxygen atoms in total. The minimum atomic E-state index is -0.167. The molecule has 0 unspecified atom stereocenters. The van der Waals surface area contributed by atoms with E-state index in [9.17, 15) is 9.59 Å². The number of hydrogen-bond donors (Lipinski definition) is 1. The van der Waals surface area contributed by atoms with Gasteiger partial charge in [-0.05, 0) is 42.8 Å². The van der Waals surface area contributed by atoms with Crippen molar-refractivity contribution < 1.29 is 9.53 Å². The van der Waals surface area contributed by atoms with Crippen molar-refractivity contribution in [3.05, 3.63) is 101 Å². The van der Waals surface area contributed by atoms with Gasteiger partial charge in [0, 0.05) is 40.6 Å². The number of carbonyl (C=O) groups is 1. The van der Waals surface area contributed by atoms with Crippen molar-refractivity contribution >= 4 is 22.4 Å². The van der Waals surface area contributed by atoms with Gasteiger partial charge in [-0.25, -0.2) is 0 Å². The maximum atomic E-state index is 13.0. The SMILES string of the molecule is CCOc1ccccc1CC(=O)Nc1cccc2c(=O)n(Cc3cccnc3)ccc12. The quantitative estimate of drug-likeness (QED) is 0.497. The lowest BCUT2D eigenvalue weighted by atomic mass is 10.1. The molecule has 2 aromatic carbocycles. The zero-order valence-electron chi connectivity index (χ0n) is 17.2. The van der Waals surface area contributed by atoms with E-state index in [-0.39, 0.29) is 17.9 Å². The fourth-order valence-corrected chi connectivity index (χ4v) is 3.55. The Morgan fingerprint density at radius 1 is 1.03 bits per heavy atom. The summed E-state index contributed by atoms with van der Waals surface area (Å²) in [5.74, 6) is 0.538. The van der Waals surface area contributed by atoms with Crippen LogP contribution in [0, 0.1) is 0 Å². The molecule has 0 radical (unpaired) electrons. The first-order chi connectivity index (χ1) is 15.2. The third kappa shape index (κ3) is 4.64. The van der Waals surface area contributed by atoms with Crippen LogP contribution < -0.4 is 15.6 Å². The number of aromatic nitrogens is 2. The van der Waals surface area contributed by atoms with Crippen LogP contribution in [0.15, 0.2) is 84.0 Å². The lowest BCUT2D eigenvalue weighted by molar-refractivity contribution is -0.115. The number of pyridine rings is 2. The molecule has 4 aromatic rings. The van der Waals surface area contributed by atoms with Crippen molar-refractivity contribution in [1.82, 2.24) is 9.55 Å². The highest BCUT2D eigenvalue weighted by molar-refractivity contribution is 6.02. The Balaban J connectivity index is 1.58. The standard InChI is InChI=1S/C25H23N3O3/c1-2-31-23-11-4-3-8-19(23)15-24(29)27-22-10-5-9-21-20(22)12-14-28(25(21)30)17-18-7-6-13-26-16-18/h3-14,16H,2,15,17H2,1H3,(H,27,29). The van der Waals surface area contributed by atoms with Crippen LogP contribution in [0.1, 0.15) is 18.1 Å². The van der Waals surface area contributed by atoms with Gasteiger partial charge in [0.15, 0.2) is 0 Å². The molecule has 1 N–H and O–H groups in total. The van der Waals surface area contributed by atoms with Crippen molar-refractivity contribution in [1.29, 1.82) is 0 Å². The van der Waals surface area contributed by atoms with E-state index in [0.717, 1.165) is 11.1 Å². The van der Waals surface area contributed by atoms with Crippen LogP contribution in [0.5, 0.6) is 5.75 Å². The first kappa shape index (κ1) is 20.3. The molecule has 31 heavy (non-hydrogen) atoms. The van der Waals surface area contributed by atoms with Gasteiger partial charge in [0.2, 0.25) is 5.91 Å². The second kappa shape index (κ2) is 9.26. The van der Waals surface area contributed by atoms with E-state index in [1.54, 1.807) is 41.4 Å². The molecule has 2 aromatic heterocycles. The first-order valence-electron chi connectivity index (χ1n) is 10.2. The first-order valence-corrected chi connectivity index (χ1v) is 10.2. The normalized spacial score (nSPS) is 10.7. The molecular formula is C25H23N3O3. The molecular weight excluding hydrogens is 390 g/mol. The molecule has 0 spiro atoms. The molecule has 0 aliphatic carbocycles. The van der Waals surface area contributed by atoms with E-state index in [1.165, 1.54) is 0 Å². The van der Waals surface area contributed by atoms with Gasteiger partial charge in [-0.3, -0.25) is 14.6 Å². The van der Waals surface area contributed by atoms with Crippen molar-refractivity contribution in [3.63, 3.8) is 0 Å². The number of carbonyl (C=O) groups excluding carboxylic acids is 1. The Kier molecular flexibility index (Phi) is 6.08.